The molecule has 0 amide bonds. The van der Waals surface area contributed by atoms with Crippen LogP contribution in [-0.2, 0) is 12.8 Å². The first-order chi connectivity index (χ1) is 7.34. The lowest BCUT2D eigenvalue weighted by atomic mass is 9.89. The summed E-state index contributed by atoms with van der Waals surface area (Å²) in [6.45, 7) is 0. The molecule has 1 aliphatic rings. The summed E-state index contributed by atoms with van der Waals surface area (Å²) in [6.07, 6.45) is 6.82. The molecule has 0 aliphatic heterocycles. The van der Waals surface area contributed by atoms with Crippen molar-refractivity contribution in [2.24, 2.45) is 0 Å². The number of nitrogen functional groups attached to an aromatic ring is 1. The molecule has 0 bridgehead atoms. The van der Waals surface area contributed by atoms with Crippen molar-refractivity contribution in [1.82, 2.24) is 4.98 Å². The van der Waals surface area contributed by atoms with E-state index in [0.717, 1.165) is 5.39 Å². The maximum absolute atomic E-state index is 5.88. The summed E-state index contributed by atoms with van der Waals surface area (Å²) in [5.74, 6) is 0.654. The lowest BCUT2D eigenvalue weighted by Gasteiger charge is -2.16. The summed E-state index contributed by atoms with van der Waals surface area (Å²) < 4.78 is 0. The lowest BCUT2D eigenvalue weighted by Crippen LogP contribution is -2.03. The summed E-state index contributed by atoms with van der Waals surface area (Å²) in [5.41, 5.74) is 8.84. The van der Waals surface area contributed by atoms with Gasteiger partial charge in [0.1, 0.15) is 5.82 Å². The topological polar surface area (TPSA) is 38.9 Å². The monoisotopic (exact) mass is 198 g/mol. The summed E-state index contributed by atoms with van der Waals surface area (Å²) in [4.78, 5) is 4.13. The Balaban J connectivity index is 2.31. The first kappa shape index (κ1) is 8.72. The molecule has 1 aliphatic carbocycles. The van der Waals surface area contributed by atoms with Crippen molar-refractivity contribution in [3.63, 3.8) is 0 Å². The van der Waals surface area contributed by atoms with E-state index in [-0.39, 0.29) is 0 Å². The Morgan fingerprint density at radius 2 is 1.80 bits per heavy atom. The largest absolute Gasteiger partial charge is 0.383 e. The molecule has 0 radical (unpaired) electrons. The first-order valence-electron chi connectivity index (χ1n) is 5.50. The zero-order chi connectivity index (χ0) is 10.3. The van der Waals surface area contributed by atoms with Crippen LogP contribution in [0.2, 0.25) is 0 Å². The van der Waals surface area contributed by atoms with E-state index in [9.17, 15) is 0 Å². The van der Waals surface area contributed by atoms with Gasteiger partial charge in [-0.25, -0.2) is 4.98 Å². The Labute approximate surface area is 89.1 Å². The smallest absolute Gasteiger partial charge is 0.131 e. The van der Waals surface area contributed by atoms with Gasteiger partial charge in [-0.1, -0.05) is 6.07 Å². The Kier molecular flexibility index (Phi) is 1.88. The summed E-state index contributed by atoms with van der Waals surface area (Å²) in [5, 5.41) is 2.33. The Morgan fingerprint density at radius 3 is 2.60 bits per heavy atom. The lowest BCUT2D eigenvalue weighted by molar-refractivity contribution is 0.687. The van der Waals surface area contributed by atoms with E-state index in [1.165, 1.54) is 42.2 Å². The van der Waals surface area contributed by atoms with E-state index >= 15 is 0 Å². The molecule has 1 aromatic heterocycles. The second kappa shape index (κ2) is 3.23. The highest BCUT2D eigenvalue weighted by atomic mass is 14.8. The van der Waals surface area contributed by atoms with Crippen molar-refractivity contribution in [2.45, 2.75) is 25.7 Å². The predicted molar refractivity (Wildman–Crippen MR) is 62.8 cm³/mol. The van der Waals surface area contributed by atoms with Crippen molar-refractivity contribution >= 4 is 16.6 Å². The average Bonchev–Trinajstić information content (AvgIpc) is 2.27. The molecule has 0 spiro atoms. The minimum Gasteiger partial charge on any atom is -0.383 e. The highest BCUT2D eigenvalue weighted by molar-refractivity contribution is 5.92. The molecule has 0 saturated carbocycles. The molecule has 0 unspecified atom stereocenters. The molecule has 3 rings (SSSR count). The number of nitrogens with zero attached hydrogens (tertiary/aromatic N) is 1. The van der Waals surface area contributed by atoms with Gasteiger partial charge in [-0.15, -0.1) is 0 Å². The zero-order valence-corrected chi connectivity index (χ0v) is 8.66. The van der Waals surface area contributed by atoms with Crippen molar-refractivity contribution in [1.29, 1.82) is 0 Å². The van der Waals surface area contributed by atoms with Crippen LogP contribution >= 0.6 is 0 Å². The van der Waals surface area contributed by atoms with E-state index in [4.69, 9.17) is 5.73 Å². The molecule has 2 heteroatoms. The third-order valence-electron chi connectivity index (χ3n) is 3.26. The van der Waals surface area contributed by atoms with Crippen LogP contribution in [0.3, 0.4) is 0 Å². The molecule has 1 heterocycles. The molecule has 2 aromatic rings. The van der Waals surface area contributed by atoms with Gasteiger partial charge in [-0.3, -0.25) is 0 Å². The van der Waals surface area contributed by atoms with E-state index in [0.29, 0.717) is 5.82 Å². The molecule has 15 heavy (non-hydrogen) atoms. The van der Waals surface area contributed by atoms with Crippen LogP contribution in [-0.4, -0.2) is 4.98 Å². The van der Waals surface area contributed by atoms with Gasteiger partial charge in [-0.2, -0.15) is 0 Å². The average molecular weight is 198 g/mol. The van der Waals surface area contributed by atoms with Gasteiger partial charge in [-0.05, 0) is 54.3 Å². The minimum atomic E-state index is 0.654. The molecule has 2 N–H and O–H groups in total. The number of hydrogen-bond donors (Lipinski definition) is 1. The molecule has 0 atom stereocenters. The highest BCUT2D eigenvalue weighted by Crippen LogP contribution is 2.28. The second-order valence-electron chi connectivity index (χ2n) is 4.25. The van der Waals surface area contributed by atoms with Gasteiger partial charge in [0.25, 0.3) is 0 Å². The van der Waals surface area contributed by atoms with Crippen LogP contribution in [0.5, 0.6) is 0 Å². The van der Waals surface area contributed by atoms with Crippen LogP contribution in [0.1, 0.15) is 24.0 Å². The number of benzene rings is 1. The van der Waals surface area contributed by atoms with Crippen LogP contribution < -0.4 is 5.73 Å². The van der Waals surface area contributed by atoms with Crippen molar-refractivity contribution < 1.29 is 0 Å². The number of aryl methyl sites for hydroxylation is 2. The normalized spacial score (nSPS) is 15.2. The van der Waals surface area contributed by atoms with E-state index in [1.54, 1.807) is 6.20 Å². The zero-order valence-electron chi connectivity index (χ0n) is 8.66. The van der Waals surface area contributed by atoms with Gasteiger partial charge in [0.15, 0.2) is 0 Å². The first-order valence-corrected chi connectivity index (χ1v) is 5.50. The fraction of sp³-hybridized carbons (Fsp3) is 0.308. The molecule has 76 valence electrons. The van der Waals surface area contributed by atoms with Gasteiger partial charge >= 0.3 is 0 Å². The Morgan fingerprint density at radius 1 is 1.07 bits per heavy atom. The van der Waals surface area contributed by atoms with E-state index in [2.05, 4.69) is 17.1 Å². The van der Waals surface area contributed by atoms with Crippen LogP contribution in [0.4, 0.5) is 5.82 Å². The van der Waals surface area contributed by atoms with Crippen molar-refractivity contribution in [3.05, 3.63) is 35.5 Å². The fourth-order valence-electron chi connectivity index (χ4n) is 2.43. The highest BCUT2D eigenvalue weighted by Gasteiger charge is 2.11. The number of rotatable bonds is 0. The molecule has 1 aromatic carbocycles. The van der Waals surface area contributed by atoms with Crippen molar-refractivity contribution in [3.8, 4) is 0 Å². The van der Waals surface area contributed by atoms with Gasteiger partial charge in [0, 0.05) is 11.6 Å². The van der Waals surface area contributed by atoms with Gasteiger partial charge < -0.3 is 5.73 Å². The molecular weight excluding hydrogens is 184 g/mol. The maximum Gasteiger partial charge on any atom is 0.131 e. The summed E-state index contributed by atoms with van der Waals surface area (Å²) in [6, 6.07) is 6.55. The molecular formula is C13H14N2. The predicted octanol–water partition coefficient (Wildman–Crippen LogP) is 2.70. The third kappa shape index (κ3) is 1.37. The number of nitrogens with two attached hydrogens (primary N) is 1. The third-order valence-corrected chi connectivity index (χ3v) is 3.26. The van der Waals surface area contributed by atoms with E-state index in [1.807, 2.05) is 6.07 Å². The quantitative estimate of drug-likeness (QED) is 0.706. The van der Waals surface area contributed by atoms with E-state index < -0.39 is 0 Å². The van der Waals surface area contributed by atoms with Gasteiger partial charge in [0.2, 0.25) is 0 Å². The number of aromatic nitrogens is 1. The van der Waals surface area contributed by atoms with Crippen LogP contribution in [0, 0.1) is 0 Å². The number of hydrogen-bond acceptors (Lipinski definition) is 2. The standard InChI is InChI=1S/C13H14N2/c14-13-12-8-10-4-2-1-3-9(10)7-11(12)5-6-15-13/h5-8H,1-4H2,(H2,14,15). The number of pyridine rings is 1. The Bertz CT molecular complexity index is 517. The molecule has 2 nitrogen and oxygen atoms in total. The van der Waals surface area contributed by atoms with Crippen molar-refractivity contribution in [2.75, 3.05) is 5.73 Å². The van der Waals surface area contributed by atoms with Gasteiger partial charge in [0.05, 0.1) is 0 Å². The second-order valence-corrected chi connectivity index (χ2v) is 4.25. The minimum absolute atomic E-state index is 0.654. The Hall–Kier alpha value is -1.57. The fourth-order valence-corrected chi connectivity index (χ4v) is 2.43. The van der Waals surface area contributed by atoms with Crippen LogP contribution in [0.15, 0.2) is 24.4 Å². The SMILES string of the molecule is Nc1nccc2cc3c(cc12)CCCC3. The van der Waals surface area contributed by atoms with Crippen LogP contribution in [0.25, 0.3) is 10.8 Å². The number of anilines is 1. The summed E-state index contributed by atoms with van der Waals surface area (Å²) in [7, 11) is 0. The summed E-state index contributed by atoms with van der Waals surface area (Å²) >= 11 is 0. The molecule has 0 saturated heterocycles. The maximum atomic E-state index is 5.88. The molecule has 0 fully saturated rings. The number of fused-ring (bicyclic) bond motifs is 2.